The van der Waals surface area contributed by atoms with Gasteiger partial charge in [0.15, 0.2) is 0 Å². The topological polar surface area (TPSA) is 0 Å². The highest BCUT2D eigenvalue weighted by Crippen LogP contribution is 2.22. The smallest absolute Gasteiger partial charge is 0.0101 e. The van der Waals surface area contributed by atoms with Crippen molar-refractivity contribution in [2.45, 2.75) is 52.4 Å². The lowest BCUT2D eigenvalue weighted by molar-refractivity contribution is 0.886. The van der Waals surface area contributed by atoms with Crippen molar-refractivity contribution in [3.63, 3.8) is 0 Å². The Morgan fingerprint density at radius 1 is 1.00 bits per heavy atom. The molecule has 1 aromatic rings. The van der Waals surface area contributed by atoms with E-state index in [1.807, 2.05) is 11.8 Å². The highest BCUT2D eigenvalue weighted by Gasteiger charge is 1.96. The predicted octanol–water partition coefficient (Wildman–Crippen LogP) is 5.22. The number of hydrogen-bond acceptors (Lipinski definition) is 1. The molecule has 0 aliphatic rings. The second-order valence-electron chi connectivity index (χ2n) is 3.70. The van der Waals surface area contributed by atoms with Crippen LogP contribution in [-0.2, 0) is 0 Å². The zero-order valence-electron chi connectivity index (χ0n) is 10.8. The monoisotopic (exact) mass is 224 g/mol. The molecule has 1 rings (SSSR count). The van der Waals surface area contributed by atoms with Gasteiger partial charge in [-0.3, -0.25) is 0 Å². The molecule has 0 amide bonds. The van der Waals surface area contributed by atoms with Crippen molar-refractivity contribution < 1.29 is 0 Å². The number of thioether (sulfide) groups is 1. The first-order chi connectivity index (χ1) is 7.15. The fraction of sp³-hybridized carbons (Fsp3) is 0.571. The second-order valence-corrected chi connectivity index (χ2v) is 5.01. The zero-order valence-corrected chi connectivity index (χ0v) is 11.6. The van der Waals surface area contributed by atoms with Gasteiger partial charge in [0.25, 0.3) is 0 Å². The fourth-order valence-electron chi connectivity index (χ4n) is 1.12. The van der Waals surface area contributed by atoms with Crippen molar-refractivity contribution in [1.82, 2.24) is 0 Å². The predicted molar refractivity (Wildman–Crippen MR) is 72.9 cm³/mol. The molecule has 0 aliphatic carbocycles. The molecule has 15 heavy (non-hydrogen) atoms. The number of unbranched alkanes of at least 4 members (excludes halogenated alkanes) is 1. The molecule has 86 valence electrons. The van der Waals surface area contributed by atoms with Gasteiger partial charge in [0, 0.05) is 4.90 Å². The van der Waals surface area contributed by atoms with E-state index in [-0.39, 0.29) is 0 Å². The molecule has 0 aliphatic heterocycles. The Bertz CT molecular complexity index is 264. The summed E-state index contributed by atoms with van der Waals surface area (Å²) in [7, 11) is 0. The quantitative estimate of drug-likeness (QED) is 0.634. The summed E-state index contributed by atoms with van der Waals surface area (Å²) in [4.78, 5) is 1.41. The van der Waals surface area contributed by atoms with E-state index in [0.29, 0.717) is 0 Å². The minimum Gasteiger partial charge on any atom is -0.126 e. The largest absolute Gasteiger partial charge is 0.126 e. The van der Waals surface area contributed by atoms with Crippen molar-refractivity contribution in [3.8, 4) is 0 Å². The van der Waals surface area contributed by atoms with Crippen LogP contribution in [0, 0.1) is 13.8 Å². The minimum atomic E-state index is 1.16. The van der Waals surface area contributed by atoms with Gasteiger partial charge >= 0.3 is 0 Å². The number of aryl methyl sites for hydroxylation is 2. The molecular formula is C14H24S. The second kappa shape index (κ2) is 8.84. The Kier molecular flexibility index (Phi) is 8.59. The summed E-state index contributed by atoms with van der Waals surface area (Å²) >= 11 is 1.91. The van der Waals surface area contributed by atoms with Crippen LogP contribution in [0.4, 0.5) is 0 Å². The van der Waals surface area contributed by atoms with Crippen LogP contribution in [-0.4, -0.2) is 5.75 Å². The van der Waals surface area contributed by atoms with Gasteiger partial charge in [-0.25, -0.2) is 0 Å². The van der Waals surface area contributed by atoms with E-state index < -0.39 is 0 Å². The van der Waals surface area contributed by atoms with E-state index in [2.05, 4.69) is 52.8 Å². The third-order valence-electron chi connectivity index (χ3n) is 2.13. The van der Waals surface area contributed by atoms with E-state index in [4.69, 9.17) is 0 Å². The van der Waals surface area contributed by atoms with E-state index >= 15 is 0 Å². The SMILES string of the molecule is CCCC.CCSc1ccc(C)cc1C. The maximum absolute atomic E-state index is 2.23. The van der Waals surface area contributed by atoms with Crippen LogP contribution < -0.4 is 0 Å². The van der Waals surface area contributed by atoms with Crippen molar-refractivity contribution >= 4 is 11.8 Å². The summed E-state index contributed by atoms with van der Waals surface area (Å²) in [5.41, 5.74) is 2.75. The molecule has 0 N–H and O–H groups in total. The Morgan fingerprint density at radius 3 is 2.00 bits per heavy atom. The van der Waals surface area contributed by atoms with Crippen LogP contribution >= 0.6 is 11.8 Å². The molecule has 0 fully saturated rings. The van der Waals surface area contributed by atoms with E-state index in [1.165, 1.54) is 28.9 Å². The van der Waals surface area contributed by atoms with Gasteiger partial charge < -0.3 is 0 Å². The maximum Gasteiger partial charge on any atom is 0.0101 e. The van der Waals surface area contributed by atoms with E-state index in [0.717, 1.165) is 5.75 Å². The van der Waals surface area contributed by atoms with Crippen molar-refractivity contribution in [2.75, 3.05) is 5.75 Å². The molecule has 0 spiro atoms. The van der Waals surface area contributed by atoms with Gasteiger partial charge in [-0.2, -0.15) is 0 Å². The molecule has 0 saturated heterocycles. The van der Waals surface area contributed by atoms with Gasteiger partial charge in [-0.15, -0.1) is 11.8 Å². The van der Waals surface area contributed by atoms with Gasteiger partial charge in [0.2, 0.25) is 0 Å². The van der Waals surface area contributed by atoms with Crippen molar-refractivity contribution in [1.29, 1.82) is 0 Å². The summed E-state index contributed by atoms with van der Waals surface area (Å²) in [6.45, 7) is 10.8. The molecule has 0 atom stereocenters. The molecule has 0 heterocycles. The summed E-state index contributed by atoms with van der Waals surface area (Å²) < 4.78 is 0. The molecule has 0 radical (unpaired) electrons. The summed E-state index contributed by atoms with van der Waals surface area (Å²) in [6.07, 6.45) is 2.64. The molecule has 0 nitrogen and oxygen atoms in total. The lowest BCUT2D eigenvalue weighted by atomic mass is 10.2. The lowest BCUT2D eigenvalue weighted by Crippen LogP contribution is -1.81. The first kappa shape index (κ1) is 14.6. The third-order valence-corrected chi connectivity index (χ3v) is 3.19. The molecule has 1 aromatic carbocycles. The average Bonchev–Trinajstić information content (AvgIpc) is 2.23. The fourth-order valence-corrected chi connectivity index (χ4v) is 1.88. The normalized spacial score (nSPS) is 9.40. The molecule has 0 aromatic heterocycles. The zero-order chi connectivity index (χ0) is 11.7. The van der Waals surface area contributed by atoms with Crippen molar-refractivity contribution in [3.05, 3.63) is 29.3 Å². The summed E-state index contributed by atoms with van der Waals surface area (Å²) in [5.74, 6) is 1.16. The minimum absolute atomic E-state index is 1.16. The number of rotatable bonds is 3. The molecule has 0 saturated carbocycles. The third kappa shape index (κ3) is 6.62. The summed E-state index contributed by atoms with van der Waals surface area (Å²) in [5, 5.41) is 0. The average molecular weight is 224 g/mol. The molecule has 1 heteroatoms. The molecule has 0 bridgehead atoms. The highest BCUT2D eigenvalue weighted by atomic mass is 32.2. The first-order valence-corrected chi connectivity index (χ1v) is 6.84. The molecule has 0 unspecified atom stereocenters. The van der Waals surface area contributed by atoms with Crippen LogP contribution in [0.5, 0.6) is 0 Å². The summed E-state index contributed by atoms with van der Waals surface area (Å²) in [6, 6.07) is 6.61. The van der Waals surface area contributed by atoms with Crippen LogP contribution in [0.15, 0.2) is 23.1 Å². The van der Waals surface area contributed by atoms with Gasteiger partial charge in [0.05, 0.1) is 0 Å². The van der Waals surface area contributed by atoms with Crippen molar-refractivity contribution in [2.24, 2.45) is 0 Å². The Balaban J connectivity index is 0.000000423. The van der Waals surface area contributed by atoms with Crippen LogP contribution in [0.25, 0.3) is 0 Å². The van der Waals surface area contributed by atoms with Gasteiger partial charge in [-0.05, 0) is 31.2 Å². The highest BCUT2D eigenvalue weighted by molar-refractivity contribution is 7.99. The standard InChI is InChI=1S/C10H14S.C4H10/c1-4-11-10-6-5-8(2)7-9(10)3;1-3-4-2/h5-7H,4H2,1-3H3;3-4H2,1-2H3. The van der Waals surface area contributed by atoms with Gasteiger partial charge in [0.1, 0.15) is 0 Å². The Morgan fingerprint density at radius 2 is 1.60 bits per heavy atom. The molecular weight excluding hydrogens is 200 g/mol. The first-order valence-electron chi connectivity index (χ1n) is 5.85. The maximum atomic E-state index is 2.23. The number of hydrogen-bond donors (Lipinski definition) is 0. The lowest BCUT2D eigenvalue weighted by Gasteiger charge is -2.03. The van der Waals surface area contributed by atoms with Crippen LogP contribution in [0.1, 0.15) is 44.7 Å². The van der Waals surface area contributed by atoms with Gasteiger partial charge in [-0.1, -0.05) is 51.3 Å². The van der Waals surface area contributed by atoms with E-state index in [1.54, 1.807) is 0 Å². The van der Waals surface area contributed by atoms with Crippen LogP contribution in [0.3, 0.4) is 0 Å². The van der Waals surface area contributed by atoms with Crippen LogP contribution in [0.2, 0.25) is 0 Å². The number of benzene rings is 1. The Labute approximate surface area is 99.5 Å². The van der Waals surface area contributed by atoms with E-state index in [9.17, 15) is 0 Å². The Hall–Kier alpha value is -0.430.